The molecule has 1 N–H and O–H groups in total. The summed E-state index contributed by atoms with van der Waals surface area (Å²) < 4.78 is 12.4. The molecule has 0 aliphatic carbocycles. The lowest BCUT2D eigenvalue weighted by Crippen LogP contribution is -2.01. The van der Waals surface area contributed by atoms with Crippen LogP contribution in [0.25, 0.3) is 5.65 Å². The van der Waals surface area contributed by atoms with Gasteiger partial charge in [0.25, 0.3) is 0 Å². The van der Waals surface area contributed by atoms with E-state index in [4.69, 9.17) is 9.47 Å². The Hall–Kier alpha value is -2.76. The van der Waals surface area contributed by atoms with Crippen LogP contribution in [0.4, 0.5) is 5.95 Å². The summed E-state index contributed by atoms with van der Waals surface area (Å²) >= 11 is 0. The highest BCUT2D eigenvalue weighted by Crippen LogP contribution is 2.32. The van der Waals surface area contributed by atoms with Gasteiger partial charge in [-0.15, -0.1) is 5.10 Å². The third kappa shape index (κ3) is 2.24. The molecule has 4 rings (SSSR count). The van der Waals surface area contributed by atoms with Crippen molar-refractivity contribution in [3.8, 4) is 11.5 Å². The topological polar surface area (TPSA) is 60.7 Å². The number of hydrogen-bond acceptors (Lipinski definition) is 5. The van der Waals surface area contributed by atoms with Crippen molar-refractivity contribution in [2.45, 2.75) is 13.5 Å². The van der Waals surface area contributed by atoms with Crippen LogP contribution < -0.4 is 14.8 Å². The lowest BCUT2D eigenvalue weighted by Gasteiger charge is -2.03. The van der Waals surface area contributed by atoms with E-state index in [2.05, 4.69) is 15.4 Å². The normalized spacial score (nSPS) is 12.8. The number of aromatic nitrogens is 3. The van der Waals surface area contributed by atoms with Gasteiger partial charge in [0.05, 0.1) is 0 Å². The second-order valence-electron chi connectivity index (χ2n) is 4.98. The number of ether oxygens (including phenoxy) is 2. The number of hydrogen-bond donors (Lipinski definition) is 1. The molecule has 1 aliphatic heterocycles. The van der Waals surface area contributed by atoms with Crippen molar-refractivity contribution in [3.63, 3.8) is 0 Å². The van der Waals surface area contributed by atoms with Crippen molar-refractivity contribution in [2.75, 3.05) is 12.1 Å². The Morgan fingerprint density at radius 3 is 3.05 bits per heavy atom. The van der Waals surface area contributed by atoms with Crippen molar-refractivity contribution < 1.29 is 9.47 Å². The highest BCUT2D eigenvalue weighted by molar-refractivity contribution is 5.47. The molecule has 1 aliphatic rings. The number of rotatable bonds is 3. The van der Waals surface area contributed by atoms with Gasteiger partial charge in [-0.3, -0.25) is 0 Å². The number of aryl methyl sites for hydroxylation is 1. The summed E-state index contributed by atoms with van der Waals surface area (Å²) in [7, 11) is 0. The fourth-order valence-electron chi connectivity index (χ4n) is 2.29. The van der Waals surface area contributed by atoms with Gasteiger partial charge in [-0.25, -0.2) is 4.52 Å². The zero-order chi connectivity index (χ0) is 14.2. The predicted octanol–water partition coefficient (Wildman–Crippen LogP) is 2.38. The number of benzene rings is 1. The summed E-state index contributed by atoms with van der Waals surface area (Å²) in [6.45, 7) is 2.96. The molecule has 0 unspecified atom stereocenters. The van der Waals surface area contributed by atoms with Gasteiger partial charge in [0.1, 0.15) is 0 Å². The van der Waals surface area contributed by atoms with Gasteiger partial charge in [-0.2, -0.15) is 4.98 Å². The summed E-state index contributed by atoms with van der Waals surface area (Å²) in [6, 6.07) is 9.89. The second kappa shape index (κ2) is 4.66. The third-order valence-electron chi connectivity index (χ3n) is 3.38. The molecule has 0 amide bonds. The molecule has 0 saturated heterocycles. The van der Waals surface area contributed by atoms with Gasteiger partial charge in [0.2, 0.25) is 12.7 Å². The van der Waals surface area contributed by atoms with E-state index in [1.807, 2.05) is 43.5 Å². The van der Waals surface area contributed by atoms with Crippen LogP contribution in [0.15, 0.2) is 36.5 Å². The van der Waals surface area contributed by atoms with Gasteiger partial charge < -0.3 is 14.8 Å². The maximum absolute atomic E-state index is 5.37. The number of pyridine rings is 1. The Bertz CT molecular complexity index is 813. The van der Waals surface area contributed by atoms with Gasteiger partial charge in [-0.1, -0.05) is 6.07 Å². The summed E-state index contributed by atoms with van der Waals surface area (Å²) in [5.74, 6) is 2.19. The molecular weight excluding hydrogens is 268 g/mol. The van der Waals surface area contributed by atoms with Crippen LogP contribution >= 0.6 is 0 Å². The monoisotopic (exact) mass is 282 g/mol. The second-order valence-corrected chi connectivity index (χ2v) is 4.98. The number of fused-ring (bicyclic) bond motifs is 2. The van der Waals surface area contributed by atoms with Crippen molar-refractivity contribution in [1.29, 1.82) is 0 Å². The first kappa shape index (κ1) is 12.0. The van der Waals surface area contributed by atoms with Crippen LogP contribution in [0.5, 0.6) is 11.5 Å². The van der Waals surface area contributed by atoms with E-state index in [1.165, 1.54) is 0 Å². The van der Waals surface area contributed by atoms with Crippen molar-refractivity contribution in [1.82, 2.24) is 14.6 Å². The summed E-state index contributed by atoms with van der Waals surface area (Å²) in [5, 5.41) is 7.60. The number of nitrogens with one attached hydrogen (secondary N) is 1. The average Bonchev–Trinajstić information content (AvgIpc) is 3.09. The first-order chi connectivity index (χ1) is 10.3. The van der Waals surface area contributed by atoms with Gasteiger partial charge in [0, 0.05) is 12.7 Å². The predicted molar refractivity (Wildman–Crippen MR) is 77.6 cm³/mol. The van der Waals surface area contributed by atoms with Crippen LogP contribution in [-0.4, -0.2) is 21.4 Å². The Labute approximate surface area is 121 Å². The van der Waals surface area contributed by atoms with Crippen LogP contribution in [0, 0.1) is 6.92 Å². The lowest BCUT2D eigenvalue weighted by atomic mass is 10.2. The first-order valence-electron chi connectivity index (χ1n) is 6.73. The maximum atomic E-state index is 5.37. The Morgan fingerprint density at radius 1 is 1.19 bits per heavy atom. The summed E-state index contributed by atoms with van der Waals surface area (Å²) in [4.78, 5) is 4.45. The van der Waals surface area contributed by atoms with E-state index in [0.29, 0.717) is 19.3 Å². The van der Waals surface area contributed by atoms with Crippen molar-refractivity contribution >= 4 is 11.6 Å². The lowest BCUT2D eigenvalue weighted by molar-refractivity contribution is 0.174. The largest absolute Gasteiger partial charge is 0.454 e. The summed E-state index contributed by atoms with van der Waals surface area (Å²) in [5.41, 5.74) is 3.09. The van der Waals surface area contributed by atoms with Crippen LogP contribution in [0.3, 0.4) is 0 Å². The molecule has 0 spiro atoms. The van der Waals surface area contributed by atoms with E-state index in [0.717, 1.165) is 28.3 Å². The van der Waals surface area contributed by atoms with E-state index < -0.39 is 0 Å². The Kier molecular flexibility index (Phi) is 2.67. The SMILES string of the molecule is Cc1ccn2nc(NCc3ccc4c(c3)OCO4)nc2c1. The molecule has 3 aromatic rings. The first-order valence-corrected chi connectivity index (χ1v) is 6.73. The molecule has 21 heavy (non-hydrogen) atoms. The molecule has 0 fully saturated rings. The molecule has 2 aromatic heterocycles. The van der Waals surface area contributed by atoms with E-state index in [-0.39, 0.29) is 0 Å². The van der Waals surface area contributed by atoms with E-state index in [1.54, 1.807) is 4.52 Å². The highest BCUT2D eigenvalue weighted by Gasteiger charge is 2.13. The number of anilines is 1. The van der Waals surface area contributed by atoms with Gasteiger partial charge in [-0.05, 0) is 42.3 Å². The highest BCUT2D eigenvalue weighted by atomic mass is 16.7. The summed E-state index contributed by atoms with van der Waals surface area (Å²) in [6.07, 6.45) is 1.91. The fourth-order valence-corrected chi connectivity index (χ4v) is 2.29. The molecule has 6 heteroatoms. The fraction of sp³-hybridized carbons (Fsp3) is 0.200. The third-order valence-corrected chi connectivity index (χ3v) is 3.38. The maximum Gasteiger partial charge on any atom is 0.243 e. The van der Waals surface area contributed by atoms with Crippen LogP contribution in [-0.2, 0) is 6.54 Å². The van der Waals surface area contributed by atoms with Crippen molar-refractivity contribution in [2.24, 2.45) is 0 Å². The molecule has 0 atom stereocenters. The molecule has 3 heterocycles. The standard InChI is InChI=1S/C15H14N4O2/c1-10-4-5-19-14(6-10)17-15(18-19)16-8-11-2-3-12-13(7-11)21-9-20-12/h2-7H,8-9H2,1H3,(H,16,18). The average molecular weight is 282 g/mol. The number of nitrogens with zero attached hydrogens (tertiary/aromatic N) is 3. The minimum absolute atomic E-state index is 0.291. The van der Waals surface area contributed by atoms with Crippen molar-refractivity contribution in [3.05, 3.63) is 47.7 Å². The Balaban J connectivity index is 1.52. The molecule has 0 saturated carbocycles. The molecule has 0 bridgehead atoms. The zero-order valence-electron chi connectivity index (χ0n) is 11.5. The minimum atomic E-state index is 0.291. The van der Waals surface area contributed by atoms with E-state index >= 15 is 0 Å². The molecule has 0 radical (unpaired) electrons. The van der Waals surface area contributed by atoms with Gasteiger partial charge in [0.15, 0.2) is 17.1 Å². The quantitative estimate of drug-likeness (QED) is 0.799. The molecule has 6 nitrogen and oxygen atoms in total. The minimum Gasteiger partial charge on any atom is -0.454 e. The van der Waals surface area contributed by atoms with Crippen LogP contribution in [0.2, 0.25) is 0 Å². The Morgan fingerprint density at radius 2 is 2.10 bits per heavy atom. The molecule has 1 aromatic carbocycles. The van der Waals surface area contributed by atoms with Crippen LogP contribution in [0.1, 0.15) is 11.1 Å². The molecule has 106 valence electrons. The van der Waals surface area contributed by atoms with E-state index in [9.17, 15) is 0 Å². The zero-order valence-corrected chi connectivity index (χ0v) is 11.5. The smallest absolute Gasteiger partial charge is 0.243 e. The van der Waals surface area contributed by atoms with Gasteiger partial charge >= 0.3 is 0 Å². The molecular formula is C15H14N4O2.